The number of piperidine rings is 1. The van der Waals surface area contributed by atoms with E-state index in [0.29, 0.717) is 17.7 Å². The molecule has 4 rings (SSSR count). The minimum Gasteiger partial charge on any atom is -0.481 e. The number of carbonyl (C=O) groups excluding carboxylic acids is 1. The Morgan fingerprint density at radius 1 is 1.34 bits per heavy atom. The number of aromatic nitrogens is 2. The number of alkyl halides is 3. The number of anilines is 1. The van der Waals surface area contributed by atoms with Gasteiger partial charge in [-0.25, -0.2) is 14.8 Å². The molecule has 0 aliphatic carbocycles. The Morgan fingerprint density at radius 2 is 2.06 bits per heavy atom. The van der Waals surface area contributed by atoms with Gasteiger partial charge in [-0.3, -0.25) is 4.79 Å². The Bertz CT molecular complexity index is 807. The van der Waals surface area contributed by atoms with Gasteiger partial charge in [0.05, 0.1) is 26.8 Å². The van der Waals surface area contributed by atoms with E-state index in [1.165, 1.54) is 6.33 Å². The van der Waals surface area contributed by atoms with E-state index >= 15 is 0 Å². The number of carboxylic acid groups (broad SMARTS) is 1. The van der Waals surface area contributed by atoms with Crippen LogP contribution in [0.25, 0.3) is 0 Å². The summed E-state index contributed by atoms with van der Waals surface area (Å²) in [5, 5.41) is 7.12. The Labute approximate surface area is 183 Å². The predicted octanol–water partition coefficient (Wildman–Crippen LogP) is 2.12. The lowest BCUT2D eigenvalue weighted by molar-refractivity contribution is -0.192. The van der Waals surface area contributed by atoms with Crippen LogP contribution in [-0.4, -0.2) is 83.5 Å². The highest BCUT2D eigenvalue weighted by Gasteiger charge is 2.47. The molecule has 1 aromatic rings. The number of hydrogen-bond acceptors (Lipinski definition) is 7. The van der Waals surface area contributed by atoms with E-state index in [0.717, 1.165) is 70.7 Å². The second kappa shape index (κ2) is 9.88. The summed E-state index contributed by atoms with van der Waals surface area (Å²) >= 11 is 0. The van der Waals surface area contributed by atoms with Crippen molar-refractivity contribution in [3.05, 3.63) is 12.4 Å². The first-order valence-corrected chi connectivity index (χ1v) is 10.4. The molecule has 1 amide bonds. The highest BCUT2D eigenvalue weighted by molar-refractivity contribution is 5.76. The number of carboxylic acids is 1. The van der Waals surface area contributed by atoms with Crippen LogP contribution in [0.5, 0.6) is 5.88 Å². The molecule has 0 saturated carbocycles. The number of hydrogen-bond donors (Lipinski definition) is 1. The molecule has 3 saturated heterocycles. The standard InChI is InChI=1S/C18H26N4O3.C2HF3O2/c1-24-16-8-15(19-13-20-16)22-11-18(12-22)6-5-14(10-25-18)9-21-7-3-2-4-17(21)23;3-2(4,5)1(6)7/h8,13-14H,2-7,9-12H2,1H3;(H,6,7). The first-order chi connectivity index (χ1) is 15.1. The van der Waals surface area contributed by atoms with E-state index in [-0.39, 0.29) is 5.60 Å². The molecule has 0 radical (unpaired) electrons. The highest BCUT2D eigenvalue weighted by atomic mass is 19.4. The van der Waals surface area contributed by atoms with Gasteiger partial charge in [0.2, 0.25) is 11.8 Å². The van der Waals surface area contributed by atoms with Gasteiger partial charge >= 0.3 is 12.1 Å². The molecule has 4 heterocycles. The van der Waals surface area contributed by atoms with Crippen molar-refractivity contribution in [2.75, 3.05) is 44.8 Å². The Kier molecular flexibility index (Phi) is 7.42. The molecule has 3 fully saturated rings. The van der Waals surface area contributed by atoms with Crippen molar-refractivity contribution in [2.45, 2.75) is 43.9 Å². The summed E-state index contributed by atoms with van der Waals surface area (Å²) in [7, 11) is 1.61. The fourth-order valence-corrected chi connectivity index (χ4v) is 4.10. The van der Waals surface area contributed by atoms with Crippen LogP contribution < -0.4 is 9.64 Å². The third-order valence-corrected chi connectivity index (χ3v) is 5.89. The molecule has 1 aromatic heterocycles. The minimum atomic E-state index is -5.08. The van der Waals surface area contributed by atoms with Crippen LogP contribution in [0.2, 0.25) is 0 Å². The van der Waals surface area contributed by atoms with Crippen LogP contribution in [0.1, 0.15) is 32.1 Å². The van der Waals surface area contributed by atoms with Crippen molar-refractivity contribution < 1.29 is 37.3 Å². The van der Waals surface area contributed by atoms with E-state index in [1.807, 2.05) is 11.0 Å². The molecule has 1 N–H and O–H groups in total. The SMILES string of the molecule is COc1cc(N2CC3(CCC(CN4CCCCC4=O)CO3)C2)ncn1.O=C(O)C(F)(F)F. The summed E-state index contributed by atoms with van der Waals surface area (Å²) in [4.78, 5) is 33.5. The Hall–Kier alpha value is -2.63. The number of amides is 1. The molecule has 0 aromatic carbocycles. The van der Waals surface area contributed by atoms with Crippen molar-refractivity contribution >= 4 is 17.7 Å². The number of nitrogens with zero attached hydrogens (tertiary/aromatic N) is 4. The van der Waals surface area contributed by atoms with Gasteiger partial charge in [-0.15, -0.1) is 0 Å². The fraction of sp³-hybridized carbons (Fsp3) is 0.700. The van der Waals surface area contributed by atoms with E-state index in [9.17, 15) is 18.0 Å². The van der Waals surface area contributed by atoms with Gasteiger partial charge in [0, 0.05) is 31.5 Å². The van der Waals surface area contributed by atoms with Crippen LogP contribution >= 0.6 is 0 Å². The number of rotatable bonds is 4. The van der Waals surface area contributed by atoms with E-state index in [2.05, 4.69) is 14.9 Å². The maximum Gasteiger partial charge on any atom is 0.490 e. The third-order valence-electron chi connectivity index (χ3n) is 5.89. The average molecular weight is 460 g/mol. The number of methoxy groups -OCH3 is 1. The smallest absolute Gasteiger partial charge is 0.481 e. The summed E-state index contributed by atoms with van der Waals surface area (Å²) in [5.41, 5.74) is -0.0411. The summed E-state index contributed by atoms with van der Waals surface area (Å²) in [5.74, 6) is -0.490. The minimum absolute atomic E-state index is 0.0411. The molecule has 178 valence electrons. The Morgan fingerprint density at radius 3 is 2.62 bits per heavy atom. The second-order valence-electron chi connectivity index (χ2n) is 8.27. The van der Waals surface area contributed by atoms with Gasteiger partial charge < -0.3 is 24.4 Å². The number of aliphatic carboxylic acids is 1. The van der Waals surface area contributed by atoms with Gasteiger partial charge in [-0.05, 0) is 25.7 Å². The zero-order valence-electron chi connectivity index (χ0n) is 17.8. The first-order valence-electron chi connectivity index (χ1n) is 10.4. The third kappa shape index (κ3) is 5.99. The van der Waals surface area contributed by atoms with Crippen molar-refractivity contribution in [3.63, 3.8) is 0 Å². The second-order valence-corrected chi connectivity index (χ2v) is 8.27. The number of halogens is 3. The monoisotopic (exact) mass is 460 g/mol. The lowest BCUT2D eigenvalue weighted by Gasteiger charge is -2.53. The van der Waals surface area contributed by atoms with Crippen LogP contribution in [-0.2, 0) is 14.3 Å². The van der Waals surface area contributed by atoms with Crippen molar-refractivity contribution in [1.82, 2.24) is 14.9 Å². The summed E-state index contributed by atoms with van der Waals surface area (Å²) in [6.45, 7) is 4.27. The van der Waals surface area contributed by atoms with E-state index in [4.69, 9.17) is 19.4 Å². The molecule has 9 nitrogen and oxygen atoms in total. The lowest BCUT2D eigenvalue weighted by Crippen LogP contribution is -2.65. The molecule has 0 bridgehead atoms. The number of ether oxygens (including phenoxy) is 2. The lowest BCUT2D eigenvalue weighted by atomic mass is 9.82. The van der Waals surface area contributed by atoms with Gasteiger partial charge in [0.1, 0.15) is 17.7 Å². The fourth-order valence-electron chi connectivity index (χ4n) is 4.10. The van der Waals surface area contributed by atoms with E-state index in [1.54, 1.807) is 7.11 Å². The van der Waals surface area contributed by atoms with E-state index < -0.39 is 12.1 Å². The van der Waals surface area contributed by atoms with Crippen molar-refractivity contribution in [1.29, 1.82) is 0 Å². The number of carbonyl (C=O) groups is 2. The normalized spacial score (nSPS) is 22.6. The maximum absolute atomic E-state index is 12.0. The van der Waals surface area contributed by atoms with Crippen LogP contribution in [0.4, 0.5) is 19.0 Å². The highest BCUT2D eigenvalue weighted by Crippen LogP contribution is 2.38. The molecule has 1 spiro atoms. The van der Waals surface area contributed by atoms with Crippen LogP contribution in [0.15, 0.2) is 12.4 Å². The Balaban J connectivity index is 0.000000360. The largest absolute Gasteiger partial charge is 0.490 e. The molecular weight excluding hydrogens is 433 g/mol. The molecular formula is C20H27F3N4O5. The molecule has 3 aliphatic heterocycles. The summed E-state index contributed by atoms with van der Waals surface area (Å²) in [6, 6.07) is 1.86. The average Bonchev–Trinajstić information content (AvgIpc) is 2.74. The van der Waals surface area contributed by atoms with Crippen molar-refractivity contribution in [2.24, 2.45) is 5.92 Å². The first kappa shape index (κ1) is 24.0. The molecule has 1 unspecified atom stereocenters. The summed E-state index contributed by atoms with van der Waals surface area (Å²) in [6.07, 6.45) is 1.54. The van der Waals surface area contributed by atoms with Crippen molar-refractivity contribution in [3.8, 4) is 5.88 Å². The van der Waals surface area contributed by atoms with Gasteiger partial charge in [-0.2, -0.15) is 13.2 Å². The zero-order valence-corrected chi connectivity index (χ0v) is 17.8. The number of likely N-dealkylation sites (tertiary alicyclic amines) is 1. The predicted molar refractivity (Wildman–Crippen MR) is 106 cm³/mol. The molecule has 12 heteroatoms. The quantitative estimate of drug-likeness (QED) is 0.729. The van der Waals surface area contributed by atoms with Gasteiger partial charge in [0.25, 0.3) is 0 Å². The van der Waals surface area contributed by atoms with Crippen LogP contribution in [0, 0.1) is 5.92 Å². The topological polar surface area (TPSA) is 105 Å². The molecule has 3 aliphatic rings. The van der Waals surface area contributed by atoms with Gasteiger partial charge in [0.15, 0.2) is 0 Å². The van der Waals surface area contributed by atoms with Crippen LogP contribution in [0.3, 0.4) is 0 Å². The molecule has 32 heavy (non-hydrogen) atoms. The maximum atomic E-state index is 12.0. The zero-order chi connectivity index (χ0) is 23.4. The van der Waals surface area contributed by atoms with Gasteiger partial charge in [-0.1, -0.05) is 0 Å². The summed E-state index contributed by atoms with van der Waals surface area (Å²) < 4.78 is 43.1. The molecule has 1 atom stereocenters.